The van der Waals surface area contributed by atoms with Crippen molar-refractivity contribution in [3.05, 3.63) is 12.2 Å². The summed E-state index contributed by atoms with van der Waals surface area (Å²) < 4.78 is 0. The van der Waals surface area contributed by atoms with E-state index in [2.05, 4.69) is 16.4 Å². The van der Waals surface area contributed by atoms with Crippen LogP contribution >= 0.6 is 0 Å². The lowest BCUT2D eigenvalue weighted by atomic mass is 10.2. The van der Waals surface area contributed by atoms with Crippen LogP contribution in [0.15, 0.2) is 12.2 Å². The van der Waals surface area contributed by atoms with Gasteiger partial charge in [-0.15, -0.1) is 0 Å². The largest absolute Gasteiger partial charge is 0.342 e. The molecule has 2 heterocycles. The van der Waals surface area contributed by atoms with Crippen molar-refractivity contribution in [2.75, 3.05) is 58.9 Å². The molecule has 0 N–H and O–H groups in total. The second kappa shape index (κ2) is 9.34. The monoisotopic (exact) mass is 350 g/mol. The lowest BCUT2D eigenvalue weighted by Gasteiger charge is -2.39. The number of hydrogen-bond acceptors (Lipinski definition) is 4. The zero-order chi connectivity index (χ0) is 18.4. The molecule has 2 amide bonds. The van der Waals surface area contributed by atoms with Crippen molar-refractivity contribution in [1.29, 1.82) is 0 Å². The van der Waals surface area contributed by atoms with Gasteiger partial charge in [-0.05, 0) is 33.6 Å². The normalized spacial score (nSPS) is 20.5. The predicted octanol–water partition coefficient (Wildman–Crippen LogP) is 1.04. The molecule has 0 aromatic carbocycles. The van der Waals surface area contributed by atoms with Gasteiger partial charge >= 0.3 is 0 Å². The molecule has 0 bridgehead atoms. The number of rotatable bonds is 7. The average molecular weight is 351 g/mol. The van der Waals surface area contributed by atoms with Crippen molar-refractivity contribution >= 4 is 11.8 Å². The molecule has 0 radical (unpaired) electrons. The van der Waals surface area contributed by atoms with Crippen molar-refractivity contribution in [1.82, 2.24) is 19.6 Å². The molecule has 0 aromatic rings. The summed E-state index contributed by atoms with van der Waals surface area (Å²) >= 11 is 0. The van der Waals surface area contributed by atoms with Crippen LogP contribution in [0.2, 0.25) is 0 Å². The molecule has 2 rings (SSSR count). The van der Waals surface area contributed by atoms with Crippen LogP contribution in [0.4, 0.5) is 0 Å². The maximum Gasteiger partial charge on any atom is 0.239 e. The van der Waals surface area contributed by atoms with Crippen LogP contribution in [0, 0.1) is 0 Å². The third kappa shape index (κ3) is 5.54. The van der Waals surface area contributed by atoms with Crippen molar-refractivity contribution in [2.45, 2.75) is 39.7 Å². The number of carbonyl (C=O) groups excluding carboxylic acids is 2. The number of carbonyl (C=O) groups is 2. The molecule has 2 aliphatic rings. The summed E-state index contributed by atoms with van der Waals surface area (Å²) in [5.41, 5.74) is 1.01. The lowest BCUT2D eigenvalue weighted by molar-refractivity contribution is -0.137. The van der Waals surface area contributed by atoms with E-state index in [9.17, 15) is 9.59 Å². The van der Waals surface area contributed by atoms with Crippen molar-refractivity contribution < 1.29 is 9.59 Å². The zero-order valence-electron chi connectivity index (χ0n) is 16.2. The molecule has 0 saturated carbocycles. The molecule has 1 unspecified atom stereocenters. The maximum atomic E-state index is 12.7. The summed E-state index contributed by atoms with van der Waals surface area (Å²) in [6.07, 6.45) is 2.27. The summed E-state index contributed by atoms with van der Waals surface area (Å²) in [5, 5.41) is 0. The summed E-state index contributed by atoms with van der Waals surface area (Å²) in [7, 11) is 0. The fourth-order valence-electron chi connectivity index (χ4n) is 3.66. The lowest BCUT2D eigenvalue weighted by Crippen LogP contribution is -2.55. The average Bonchev–Trinajstić information content (AvgIpc) is 3.13. The van der Waals surface area contributed by atoms with Crippen LogP contribution in [-0.2, 0) is 9.59 Å². The van der Waals surface area contributed by atoms with E-state index < -0.39 is 0 Å². The van der Waals surface area contributed by atoms with Crippen LogP contribution in [0.5, 0.6) is 0 Å². The minimum Gasteiger partial charge on any atom is -0.342 e. The quantitative estimate of drug-likeness (QED) is 0.644. The first-order valence-corrected chi connectivity index (χ1v) is 9.59. The second-order valence-electron chi connectivity index (χ2n) is 7.39. The molecular weight excluding hydrogens is 316 g/mol. The van der Waals surface area contributed by atoms with Gasteiger partial charge in [0.1, 0.15) is 0 Å². The van der Waals surface area contributed by atoms with E-state index in [0.717, 1.165) is 57.7 Å². The standard InChI is InChI=1S/C19H34N4O2/c1-5-21(14-16(2)3)19(25)17(4)22-12-10-20(11-13-22)15-18(24)23-8-6-7-9-23/h17H,2,5-15H2,1,3-4H3. The maximum absolute atomic E-state index is 12.7. The van der Waals surface area contributed by atoms with Crippen molar-refractivity contribution in [3.63, 3.8) is 0 Å². The third-order valence-corrected chi connectivity index (χ3v) is 5.28. The molecule has 0 aromatic heterocycles. The molecule has 2 fully saturated rings. The Morgan fingerprint density at radius 3 is 2.20 bits per heavy atom. The van der Waals surface area contributed by atoms with Crippen LogP contribution in [0.25, 0.3) is 0 Å². The zero-order valence-corrected chi connectivity index (χ0v) is 16.2. The van der Waals surface area contributed by atoms with Crippen molar-refractivity contribution in [3.8, 4) is 0 Å². The van der Waals surface area contributed by atoms with E-state index in [4.69, 9.17) is 0 Å². The van der Waals surface area contributed by atoms with Gasteiger partial charge in [-0.25, -0.2) is 0 Å². The Morgan fingerprint density at radius 1 is 1.08 bits per heavy atom. The van der Waals surface area contributed by atoms with E-state index in [0.29, 0.717) is 19.6 Å². The van der Waals surface area contributed by atoms with Gasteiger partial charge in [-0.2, -0.15) is 0 Å². The third-order valence-electron chi connectivity index (χ3n) is 5.28. The number of likely N-dealkylation sites (N-methyl/N-ethyl adjacent to an activating group) is 1. The van der Waals surface area contributed by atoms with Crippen LogP contribution in [0.1, 0.15) is 33.6 Å². The Balaban J connectivity index is 1.79. The highest BCUT2D eigenvalue weighted by Gasteiger charge is 2.29. The Kier molecular flexibility index (Phi) is 7.44. The molecule has 0 aliphatic carbocycles. The summed E-state index contributed by atoms with van der Waals surface area (Å²) in [6, 6.07) is -0.115. The Hall–Kier alpha value is -1.40. The highest BCUT2D eigenvalue weighted by molar-refractivity contribution is 5.81. The minimum absolute atomic E-state index is 0.115. The molecule has 6 nitrogen and oxygen atoms in total. The van der Waals surface area contributed by atoms with Gasteiger partial charge in [0.05, 0.1) is 12.6 Å². The summed E-state index contributed by atoms with van der Waals surface area (Å²) in [5.74, 6) is 0.431. The van der Waals surface area contributed by atoms with Crippen LogP contribution in [0.3, 0.4) is 0 Å². The van der Waals surface area contributed by atoms with Gasteiger partial charge in [0, 0.05) is 52.4 Å². The Morgan fingerprint density at radius 2 is 1.68 bits per heavy atom. The van der Waals surface area contributed by atoms with Gasteiger partial charge in [0.25, 0.3) is 0 Å². The SMILES string of the molecule is C=C(C)CN(CC)C(=O)C(C)N1CCN(CC(=O)N2CCCC2)CC1. The van der Waals surface area contributed by atoms with E-state index >= 15 is 0 Å². The van der Waals surface area contributed by atoms with Crippen LogP contribution in [-0.4, -0.2) is 96.4 Å². The smallest absolute Gasteiger partial charge is 0.239 e. The Bertz CT molecular complexity index is 480. The van der Waals surface area contributed by atoms with E-state index in [1.807, 2.05) is 30.6 Å². The highest BCUT2D eigenvalue weighted by atomic mass is 16.2. The molecule has 0 spiro atoms. The van der Waals surface area contributed by atoms with Crippen molar-refractivity contribution in [2.24, 2.45) is 0 Å². The first-order chi connectivity index (χ1) is 11.9. The fraction of sp³-hybridized carbons (Fsp3) is 0.789. The van der Waals surface area contributed by atoms with Gasteiger partial charge < -0.3 is 9.80 Å². The van der Waals surface area contributed by atoms with Gasteiger partial charge in [-0.1, -0.05) is 12.2 Å². The van der Waals surface area contributed by atoms with E-state index in [1.165, 1.54) is 0 Å². The molecular formula is C19H34N4O2. The second-order valence-corrected chi connectivity index (χ2v) is 7.39. The molecule has 2 saturated heterocycles. The fourth-order valence-corrected chi connectivity index (χ4v) is 3.66. The molecule has 142 valence electrons. The minimum atomic E-state index is -0.115. The van der Waals surface area contributed by atoms with Gasteiger partial charge in [-0.3, -0.25) is 19.4 Å². The predicted molar refractivity (Wildman–Crippen MR) is 100 cm³/mol. The first-order valence-electron chi connectivity index (χ1n) is 9.59. The summed E-state index contributed by atoms with van der Waals surface area (Å²) in [6.45, 7) is 16.9. The molecule has 1 atom stereocenters. The number of amides is 2. The number of hydrogen-bond donors (Lipinski definition) is 0. The van der Waals surface area contributed by atoms with E-state index in [-0.39, 0.29) is 17.9 Å². The topological polar surface area (TPSA) is 47.1 Å². The molecule has 2 aliphatic heterocycles. The van der Waals surface area contributed by atoms with E-state index in [1.54, 1.807) is 0 Å². The highest BCUT2D eigenvalue weighted by Crippen LogP contribution is 2.12. The molecule has 6 heteroatoms. The van der Waals surface area contributed by atoms with Crippen LogP contribution < -0.4 is 0 Å². The Labute approximate surface area is 152 Å². The number of likely N-dealkylation sites (tertiary alicyclic amines) is 1. The first kappa shape index (κ1) is 19.9. The van der Waals surface area contributed by atoms with Gasteiger partial charge in [0.2, 0.25) is 11.8 Å². The van der Waals surface area contributed by atoms with Gasteiger partial charge in [0.15, 0.2) is 0 Å². The summed E-state index contributed by atoms with van der Waals surface area (Å²) in [4.78, 5) is 33.3. The molecule has 25 heavy (non-hydrogen) atoms. The number of piperazine rings is 1. The number of nitrogens with zero attached hydrogens (tertiary/aromatic N) is 4.